The molecular formula is C24H30N2O4. The molecule has 1 fully saturated rings. The van der Waals surface area contributed by atoms with Crippen LogP contribution >= 0.6 is 0 Å². The van der Waals surface area contributed by atoms with Crippen LogP contribution in [0.4, 0.5) is 0 Å². The molecule has 30 heavy (non-hydrogen) atoms. The smallest absolute Gasteiger partial charge is 0.251 e. The molecule has 1 N–H and O–H groups in total. The predicted octanol–water partition coefficient (Wildman–Crippen LogP) is 3.69. The van der Waals surface area contributed by atoms with Crippen molar-refractivity contribution >= 4 is 5.91 Å². The van der Waals surface area contributed by atoms with Crippen molar-refractivity contribution in [3.05, 3.63) is 59.2 Å². The zero-order valence-electron chi connectivity index (χ0n) is 18.1. The van der Waals surface area contributed by atoms with Crippen LogP contribution in [0.3, 0.4) is 0 Å². The van der Waals surface area contributed by atoms with E-state index in [4.69, 9.17) is 14.2 Å². The average Bonchev–Trinajstić information content (AvgIpc) is 3.15. The summed E-state index contributed by atoms with van der Waals surface area (Å²) in [5.74, 6) is 1.35. The van der Waals surface area contributed by atoms with Gasteiger partial charge in [-0.25, -0.2) is 0 Å². The van der Waals surface area contributed by atoms with E-state index in [2.05, 4.69) is 24.1 Å². The van der Waals surface area contributed by atoms with Crippen LogP contribution in [0.15, 0.2) is 42.5 Å². The summed E-state index contributed by atoms with van der Waals surface area (Å²) < 4.78 is 16.6. The Balaban J connectivity index is 1.39. The number of nitrogens with zero attached hydrogens (tertiary/aromatic N) is 1. The summed E-state index contributed by atoms with van der Waals surface area (Å²) in [7, 11) is 0. The number of nitrogens with one attached hydrogen (secondary N) is 1. The van der Waals surface area contributed by atoms with Crippen molar-refractivity contribution in [1.82, 2.24) is 10.2 Å². The first kappa shape index (κ1) is 20.7. The maximum Gasteiger partial charge on any atom is 0.251 e. The van der Waals surface area contributed by atoms with Crippen LogP contribution in [-0.4, -0.2) is 42.9 Å². The van der Waals surface area contributed by atoms with Gasteiger partial charge in [-0.1, -0.05) is 18.2 Å². The lowest BCUT2D eigenvalue weighted by molar-refractivity contribution is -0.0704. The standard InChI is InChI=1S/C24H30N2O4/c1-16-12-26(13-17(2)30-16)14-18-5-7-19(8-6-18)23(27)25-24(3,4)20-9-10-21-22(11-20)29-15-28-21/h5-11,16-17H,12-15H2,1-4H3,(H,25,27). The Labute approximate surface area is 178 Å². The highest BCUT2D eigenvalue weighted by molar-refractivity contribution is 5.94. The second kappa shape index (κ2) is 8.28. The van der Waals surface area contributed by atoms with E-state index in [1.807, 2.05) is 56.3 Å². The SMILES string of the molecule is CC1CN(Cc2ccc(C(=O)NC(C)(C)c3ccc4c(c3)OCO4)cc2)CC(C)O1. The molecule has 2 aromatic carbocycles. The predicted molar refractivity (Wildman–Crippen MR) is 115 cm³/mol. The summed E-state index contributed by atoms with van der Waals surface area (Å²) >= 11 is 0. The van der Waals surface area contributed by atoms with Crippen LogP contribution in [0.25, 0.3) is 0 Å². The highest BCUT2D eigenvalue weighted by Crippen LogP contribution is 2.35. The second-order valence-electron chi connectivity index (χ2n) is 8.80. The summed E-state index contributed by atoms with van der Waals surface area (Å²) in [5.41, 5.74) is 2.27. The number of amides is 1. The van der Waals surface area contributed by atoms with E-state index in [0.29, 0.717) is 11.3 Å². The molecule has 0 spiro atoms. The number of hydrogen-bond donors (Lipinski definition) is 1. The molecule has 160 valence electrons. The van der Waals surface area contributed by atoms with Gasteiger partial charge in [0.2, 0.25) is 6.79 Å². The topological polar surface area (TPSA) is 60.0 Å². The van der Waals surface area contributed by atoms with Gasteiger partial charge in [0, 0.05) is 25.2 Å². The Kier molecular flexibility index (Phi) is 5.71. The van der Waals surface area contributed by atoms with Gasteiger partial charge in [0.15, 0.2) is 11.5 Å². The van der Waals surface area contributed by atoms with Gasteiger partial charge in [-0.2, -0.15) is 0 Å². The third-order valence-electron chi connectivity index (χ3n) is 5.64. The maximum absolute atomic E-state index is 12.9. The normalized spacial score (nSPS) is 21.5. The lowest BCUT2D eigenvalue weighted by Gasteiger charge is -2.35. The van der Waals surface area contributed by atoms with Gasteiger partial charge < -0.3 is 19.5 Å². The molecule has 2 aliphatic heterocycles. The van der Waals surface area contributed by atoms with E-state index < -0.39 is 5.54 Å². The summed E-state index contributed by atoms with van der Waals surface area (Å²) in [4.78, 5) is 15.3. The molecule has 2 aliphatic rings. The second-order valence-corrected chi connectivity index (χ2v) is 8.80. The molecule has 0 radical (unpaired) electrons. The minimum Gasteiger partial charge on any atom is -0.454 e. The molecule has 1 saturated heterocycles. The van der Waals surface area contributed by atoms with Crippen LogP contribution in [-0.2, 0) is 16.8 Å². The van der Waals surface area contributed by atoms with E-state index in [1.165, 1.54) is 5.56 Å². The minimum atomic E-state index is -0.545. The summed E-state index contributed by atoms with van der Waals surface area (Å²) in [5, 5.41) is 3.13. The molecule has 6 nitrogen and oxygen atoms in total. The van der Waals surface area contributed by atoms with Gasteiger partial charge in [0.05, 0.1) is 17.7 Å². The van der Waals surface area contributed by atoms with Gasteiger partial charge in [0.25, 0.3) is 5.91 Å². The quantitative estimate of drug-likeness (QED) is 0.815. The van der Waals surface area contributed by atoms with Crippen molar-refractivity contribution < 1.29 is 19.0 Å². The van der Waals surface area contributed by atoms with Crippen molar-refractivity contribution in [2.75, 3.05) is 19.9 Å². The van der Waals surface area contributed by atoms with Crippen LogP contribution in [0, 0.1) is 0 Å². The minimum absolute atomic E-state index is 0.0992. The molecule has 2 atom stereocenters. The molecule has 1 amide bonds. The number of carbonyl (C=O) groups is 1. The Bertz CT molecular complexity index is 900. The molecule has 2 heterocycles. The third kappa shape index (κ3) is 4.60. The molecule has 0 aliphatic carbocycles. The van der Waals surface area contributed by atoms with Gasteiger partial charge in [-0.3, -0.25) is 9.69 Å². The van der Waals surface area contributed by atoms with Gasteiger partial charge >= 0.3 is 0 Å². The van der Waals surface area contributed by atoms with E-state index in [1.54, 1.807) is 0 Å². The van der Waals surface area contributed by atoms with Crippen LogP contribution in [0.1, 0.15) is 49.2 Å². The molecule has 4 rings (SSSR count). The number of fused-ring (bicyclic) bond motifs is 1. The molecule has 6 heteroatoms. The lowest BCUT2D eigenvalue weighted by Crippen LogP contribution is -2.44. The maximum atomic E-state index is 12.9. The van der Waals surface area contributed by atoms with Crippen LogP contribution in [0.2, 0.25) is 0 Å². The molecule has 2 aromatic rings. The zero-order chi connectivity index (χ0) is 21.3. The van der Waals surface area contributed by atoms with Crippen LogP contribution in [0.5, 0.6) is 11.5 Å². The third-order valence-corrected chi connectivity index (χ3v) is 5.64. The molecule has 0 saturated carbocycles. The van der Waals surface area contributed by atoms with Gasteiger partial charge in [0.1, 0.15) is 0 Å². The summed E-state index contributed by atoms with van der Waals surface area (Å²) in [6.45, 7) is 11.1. The average molecular weight is 411 g/mol. The molecular weight excluding hydrogens is 380 g/mol. The van der Waals surface area contributed by atoms with Crippen molar-refractivity contribution in [2.24, 2.45) is 0 Å². The first-order valence-electron chi connectivity index (χ1n) is 10.5. The van der Waals surface area contributed by atoms with E-state index in [9.17, 15) is 4.79 Å². The summed E-state index contributed by atoms with van der Waals surface area (Å²) in [6.07, 6.45) is 0.495. The van der Waals surface area contributed by atoms with E-state index >= 15 is 0 Å². The number of rotatable bonds is 5. The van der Waals surface area contributed by atoms with Crippen LogP contribution < -0.4 is 14.8 Å². The van der Waals surface area contributed by atoms with Crippen molar-refractivity contribution in [3.63, 3.8) is 0 Å². The van der Waals surface area contributed by atoms with Crippen molar-refractivity contribution in [2.45, 2.75) is 52.0 Å². The molecule has 2 unspecified atom stereocenters. The Morgan fingerprint density at radius 3 is 2.40 bits per heavy atom. The fourth-order valence-corrected chi connectivity index (χ4v) is 4.15. The molecule has 0 bridgehead atoms. The first-order chi connectivity index (χ1) is 14.3. The van der Waals surface area contributed by atoms with E-state index in [-0.39, 0.29) is 24.9 Å². The van der Waals surface area contributed by atoms with Gasteiger partial charge in [-0.15, -0.1) is 0 Å². The Morgan fingerprint density at radius 1 is 1.03 bits per heavy atom. The number of hydrogen-bond acceptors (Lipinski definition) is 5. The molecule has 0 aromatic heterocycles. The Hall–Kier alpha value is -2.57. The lowest BCUT2D eigenvalue weighted by atomic mass is 9.93. The highest BCUT2D eigenvalue weighted by Gasteiger charge is 2.26. The number of benzene rings is 2. The van der Waals surface area contributed by atoms with Crippen molar-refractivity contribution in [3.8, 4) is 11.5 Å². The monoisotopic (exact) mass is 410 g/mol. The first-order valence-corrected chi connectivity index (χ1v) is 10.5. The number of morpholine rings is 1. The number of carbonyl (C=O) groups excluding carboxylic acids is 1. The fourth-order valence-electron chi connectivity index (χ4n) is 4.15. The highest BCUT2D eigenvalue weighted by atomic mass is 16.7. The summed E-state index contributed by atoms with van der Waals surface area (Å²) in [6, 6.07) is 13.6. The van der Waals surface area contributed by atoms with Crippen molar-refractivity contribution in [1.29, 1.82) is 0 Å². The Morgan fingerprint density at radius 2 is 1.70 bits per heavy atom. The van der Waals surface area contributed by atoms with E-state index in [0.717, 1.165) is 30.9 Å². The number of ether oxygens (including phenoxy) is 3. The fraction of sp³-hybridized carbons (Fsp3) is 0.458. The largest absolute Gasteiger partial charge is 0.454 e. The van der Waals surface area contributed by atoms with Gasteiger partial charge in [-0.05, 0) is 63.1 Å². The zero-order valence-corrected chi connectivity index (χ0v) is 18.1.